The minimum atomic E-state index is 0.802. The summed E-state index contributed by atoms with van der Waals surface area (Å²) >= 11 is 2.38. The van der Waals surface area contributed by atoms with Gasteiger partial charge in [-0.2, -0.15) is 0 Å². The Bertz CT molecular complexity index is 79.1. The lowest BCUT2D eigenvalue weighted by Gasteiger charge is -2.25. The summed E-state index contributed by atoms with van der Waals surface area (Å²) in [6.07, 6.45) is 2.58. The highest BCUT2D eigenvalue weighted by atomic mass is 127. The summed E-state index contributed by atoms with van der Waals surface area (Å²) in [4.78, 5) is 0. The molecule has 0 saturated carbocycles. The van der Waals surface area contributed by atoms with Gasteiger partial charge in [0.2, 0.25) is 0 Å². The first-order chi connectivity index (χ1) is 4.33. The molecule has 1 heterocycles. The summed E-state index contributed by atoms with van der Waals surface area (Å²) in [6.45, 7) is 3.33. The van der Waals surface area contributed by atoms with Gasteiger partial charge in [-0.15, -0.1) is 0 Å². The Morgan fingerprint density at radius 1 is 1.44 bits per heavy atom. The van der Waals surface area contributed by atoms with Crippen molar-refractivity contribution in [3.63, 3.8) is 0 Å². The lowest BCUT2D eigenvalue weighted by molar-refractivity contribution is 0.314. The van der Waals surface area contributed by atoms with E-state index in [0.29, 0.717) is 0 Å². The smallest absolute Gasteiger partial charge is 0.0201 e. The standard InChI is InChI=1S/C6H13IN2/c7-9-3-1-6(5-8)2-4-9/h6H,1-5,8H2. The summed E-state index contributed by atoms with van der Waals surface area (Å²) in [5.74, 6) is 0.802. The fourth-order valence-electron chi connectivity index (χ4n) is 1.14. The molecule has 2 nitrogen and oxygen atoms in total. The molecular weight excluding hydrogens is 227 g/mol. The van der Waals surface area contributed by atoms with E-state index in [1.54, 1.807) is 0 Å². The first-order valence-corrected chi connectivity index (χ1v) is 4.40. The van der Waals surface area contributed by atoms with Gasteiger partial charge in [-0.1, -0.05) is 0 Å². The molecule has 2 N–H and O–H groups in total. The van der Waals surface area contributed by atoms with Gasteiger partial charge in [-0.3, -0.25) is 0 Å². The summed E-state index contributed by atoms with van der Waals surface area (Å²) < 4.78 is 2.34. The molecule has 0 atom stereocenters. The first-order valence-electron chi connectivity index (χ1n) is 3.43. The average molecular weight is 240 g/mol. The van der Waals surface area contributed by atoms with E-state index in [1.165, 1.54) is 25.9 Å². The monoisotopic (exact) mass is 240 g/mol. The lowest BCUT2D eigenvalue weighted by Crippen LogP contribution is -2.29. The predicted molar refractivity (Wildman–Crippen MR) is 47.4 cm³/mol. The van der Waals surface area contributed by atoms with Crippen LogP contribution in [0.3, 0.4) is 0 Å². The molecule has 0 aromatic rings. The van der Waals surface area contributed by atoms with Gasteiger partial charge < -0.3 is 5.73 Å². The third kappa shape index (κ3) is 2.39. The largest absolute Gasteiger partial charge is 0.330 e. The maximum atomic E-state index is 5.53. The van der Waals surface area contributed by atoms with Crippen LogP contribution >= 0.6 is 22.9 Å². The van der Waals surface area contributed by atoms with Gasteiger partial charge in [-0.25, -0.2) is 3.11 Å². The van der Waals surface area contributed by atoms with Crippen molar-refractivity contribution in [3.8, 4) is 0 Å². The summed E-state index contributed by atoms with van der Waals surface area (Å²) in [5.41, 5.74) is 5.53. The molecule has 0 aromatic heterocycles. The van der Waals surface area contributed by atoms with E-state index in [9.17, 15) is 0 Å². The van der Waals surface area contributed by atoms with Crippen LogP contribution < -0.4 is 5.73 Å². The molecule has 0 unspecified atom stereocenters. The molecule has 0 aliphatic carbocycles. The van der Waals surface area contributed by atoms with Crippen LogP contribution in [0.1, 0.15) is 12.8 Å². The molecule has 1 saturated heterocycles. The van der Waals surface area contributed by atoms with Crippen LogP contribution in [-0.2, 0) is 0 Å². The van der Waals surface area contributed by atoms with E-state index < -0.39 is 0 Å². The minimum Gasteiger partial charge on any atom is -0.330 e. The fourth-order valence-corrected chi connectivity index (χ4v) is 1.69. The molecule has 1 aliphatic heterocycles. The molecule has 0 radical (unpaired) electrons. The van der Waals surface area contributed by atoms with Crippen LogP contribution in [-0.4, -0.2) is 22.7 Å². The molecule has 9 heavy (non-hydrogen) atoms. The normalized spacial score (nSPS) is 24.7. The molecule has 3 heteroatoms. The van der Waals surface area contributed by atoms with Crippen LogP contribution in [0.4, 0.5) is 0 Å². The number of nitrogens with zero attached hydrogens (tertiary/aromatic N) is 1. The number of rotatable bonds is 1. The van der Waals surface area contributed by atoms with E-state index in [2.05, 4.69) is 26.0 Å². The third-order valence-electron chi connectivity index (χ3n) is 1.89. The Hall–Kier alpha value is 0.650. The van der Waals surface area contributed by atoms with Crippen molar-refractivity contribution in [3.05, 3.63) is 0 Å². The second-order valence-electron chi connectivity index (χ2n) is 2.59. The van der Waals surface area contributed by atoms with E-state index in [4.69, 9.17) is 5.73 Å². The van der Waals surface area contributed by atoms with Gasteiger partial charge in [0, 0.05) is 36.0 Å². The topological polar surface area (TPSA) is 29.3 Å². The molecule has 54 valence electrons. The fraction of sp³-hybridized carbons (Fsp3) is 1.00. The molecule has 0 spiro atoms. The van der Waals surface area contributed by atoms with Gasteiger partial charge in [-0.05, 0) is 25.3 Å². The number of nitrogens with two attached hydrogens (primary N) is 1. The molecule has 1 rings (SSSR count). The van der Waals surface area contributed by atoms with Crippen LogP contribution in [0.5, 0.6) is 0 Å². The Morgan fingerprint density at radius 3 is 2.44 bits per heavy atom. The van der Waals surface area contributed by atoms with Gasteiger partial charge in [0.15, 0.2) is 0 Å². The summed E-state index contributed by atoms with van der Waals surface area (Å²) in [6, 6.07) is 0. The number of halogens is 1. The first kappa shape index (κ1) is 7.75. The Morgan fingerprint density at radius 2 is 2.00 bits per heavy atom. The van der Waals surface area contributed by atoms with Crippen molar-refractivity contribution in [1.29, 1.82) is 0 Å². The Kier molecular flexibility index (Phi) is 3.21. The van der Waals surface area contributed by atoms with Gasteiger partial charge in [0.1, 0.15) is 0 Å². The van der Waals surface area contributed by atoms with Crippen LogP contribution in [0.2, 0.25) is 0 Å². The van der Waals surface area contributed by atoms with E-state index in [1.807, 2.05) is 0 Å². The average Bonchev–Trinajstić information content (AvgIpc) is 1.90. The highest BCUT2D eigenvalue weighted by Crippen LogP contribution is 2.17. The molecule has 0 amide bonds. The lowest BCUT2D eigenvalue weighted by atomic mass is 9.99. The number of hydrogen-bond donors (Lipinski definition) is 1. The second kappa shape index (κ2) is 3.73. The van der Waals surface area contributed by atoms with Crippen LogP contribution in [0.25, 0.3) is 0 Å². The molecule has 0 aromatic carbocycles. The van der Waals surface area contributed by atoms with E-state index >= 15 is 0 Å². The van der Waals surface area contributed by atoms with E-state index in [0.717, 1.165) is 12.5 Å². The maximum absolute atomic E-state index is 5.53. The third-order valence-corrected chi connectivity index (χ3v) is 2.86. The Balaban J connectivity index is 2.18. The second-order valence-corrected chi connectivity index (χ2v) is 3.95. The molecule has 1 fully saturated rings. The highest BCUT2D eigenvalue weighted by molar-refractivity contribution is 14.1. The van der Waals surface area contributed by atoms with Crippen LogP contribution in [0.15, 0.2) is 0 Å². The van der Waals surface area contributed by atoms with Crippen molar-refractivity contribution in [2.45, 2.75) is 12.8 Å². The van der Waals surface area contributed by atoms with Crippen molar-refractivity contribution in [1.82, 2.24) is 3.11 Å². The van der Waals surface area contributed by atoms with Gasteiger partial charge >= 0.3 is 0 Å². The summed E-state index contributed by atoms with van der Waals surface area (Å²) in [7, 11) is 0. The zero-order valence-electron chi connectivity index (χ0n) is 5.52. The predicted octanol–water partition coefficient (Wildman–Crippen LogP) is 1.01. The van der Waals surface area contributed by atoms with Crippen molar-refractivity contribution < 1.29 is 0 Å². The number of piperidine rings is 1. The molecular formula is C6H13IN2. The van der Waals surface area contributed by atoms with Crippen molar-refractivity contribution in [2.24, 2.45) is 11.7 Å². The maximum Gasteiger partial charge on any atom is 0.0201 e. The zero-order valence-corrected chi connectivity index (χ0v) is 7.67. The zero-order chi connectivity index (χ0) is 6.69. The highest BCUT2D eigenvalue weighted by Gasteiger charge is 2.14. The Labute approximate surface area is 70.3 Å². The summed E-state index contributed by atoms with van der Waals surface area (Å²) in [5, 5.41) is 0. The number of hydrogen-bond acceptors (Lipinski definition) is 2. The minimum absolute atomic E-state index is 0.802. The van der Waals surface area contributed by atoms with Crippen molar-refractivity contribution >= 4 is 22.9 Å². The quantitative estimate of drug-likeness (QED) is 0.547. The SMILES string of the molecule is NCC1CCN(I)CC1. The molecule has 0 bridgehead atoms. The van der Waals surface area contributed by atoms with E-state index in [-0.39, 0.29) is 0 Å². The van der Waals surface area contributed by atoms with Crippen LogP contribution in [0, 0.1) is 5.92 Å². The van der Waals surface area contributed by atoms with Crippen molar-refractivity contribution in [2.75, 3.05) is 19.6 Å². The molecule has 1 aliphatic rings. The van der Waals surface area contributed by atoms with Gasteiger partial charge in [0.05, 0.1) is 0 Å². The van der Waals surface area contributed by atoms with Gasteiger partial charge in [0.25, 0.3) is 0 Å².